The van der Waals surface area contributed by atoms with E-state index in [1.165, 1.54) is 6.08 Å². The largest absolute Gasteiger partial charge is 0.487 e. The summed E-state index contributed by atoms with van der Waals surface area (Å²) in [6.07, 6.45) is 1.51. The Hall–Kier alpha value is -1.77. The highest BCUT2D eigenvalue weighted by Crippen LogP contribution is 2.26. The van der Waals surface area contributed by atoms with Gasteiger partial charge in [0.05, 0.1) is 0 Å². The van der Waals surface area contributed by atoms with Gasteiger partial charge in [-0.2, -0.15) is 0 Å². The molecule has 0 bridgehead atoms. The molecular formula is C13H16O3. The molecule has 86 valence electrons. The predicted molar refractivity (Wildman–Crippen MR) is 63.9 cm³/mol. The van der Waals surface area contributed by atoms with Crippen LogP contribution in [0.3, 0.4) is 0 Å². The molecule has 3 nitrogen and oxygen atoms in total. The molecule has 0 aliphatic rings. The van der Waals surface area contributed by atoms with E-state index in [1.807, 2.05) is 20.8 Å². The zero-order valence-electron chi connectivity index (χ0n) is 9.78. The summed E-state index contributed by atoms with van der Waals surface area (Å²) in [5, 5.41) is 9.15. The summed E-state index contributed by atoms with van der Waals surface area (Å²) >= 11 is 0. The number of carboxylic acid groups (broad SMARTS) is 1. The van der Waals surface area contributed by atoms with Crippen LogP contribution in [0.25, 0.3) is 6.08 Å². The lowest BCUT2D eigenvalue weighted by Gasteiger charge is -2.23. The third kappa shape index (κ3) is 2.86. The van der Waals surface area contributed by atoms with Crippen LogP contribution >= 0.6 is 0 Å². The van der Waals surface area contributed by atoms with Gasteiger partial charge in [-0.25, -0.2) is 4.79 Å². The van der Waals surface area contributed by atoms with Crippen molar-refractivity contribution in [3.05, 3.63) is 35.9 Å². The van der Waals surface area contributed by atoms with Gasteiger partial charge in [-0.15, -0.1) is 0 Å². The van der Waals surface area contributed by atoms with E-state index < -0.39 is 11.6 Å². The molecule has 1 rings (SSSR count). The van der Waals surface area contributed by atoms with Gasteiger partial charge in [-0.05, 0) is 32.4 Å². The lowest BCUT2D eigenvalue weighted by atomic mass is 10.1. The van der Waals surface area contributed by atoms with Crippen molar-refractivity contribution < 1.29 is 14.6 Å². The minimum Gasteiger partial charge on any atom is -0.487 e. The molecule has 0 aromatic heterocycles. The van der Waals surface area contributed by atoms with Crippen LogP contribution in [0.4, 0.5) is 0 Å². The fourth-order valence-corrected chi connectivity index (χ4v) is 1.36. The second kappa shape index (κ2) is 4.39. The Bertz CT molecular complexity index is 414. The van der Waals surface area contributed by atoms with Crippen LogP contribution in [-0.2, 0) is 0 Å². The molecule has 0 aliphatic heterocycles. The summed E-state index contributed by atoms with van der Waals surface area (Å²) in [4.78, 5) is 11.2. The van der Waals surface area contributed by atoms with Crippen LogP contribution in [0, 0.1) is 0 Å². The summed E-state index contributed by atoms with van der Waals surface area (Å²) in [5.41, 5.74) is 0.297. The van der Waals surface area contributed by atoms with E-state index in [0.717, 1.165) is 0 Å². The zero-order chi connectivity index (χ0) is 12.3. The maximum Gasteiger partial charge on any atom is 0.340 e. The summed E-state index contributed by atoms with van der Waals surface area (Å²) in [5.74, 6) is -0.632. The number of carbonyl (C=O) groups is 1. The smallest absolute Gasteiger partial charge is 0.340 e. The Kier molecular flexibility index (Phi) is 3.38. The highest BCUT2D eigenvalue weighted by atomic mass is 16.5. The van der Waals surface area contributed by atoms with Gasteiger partial charge in [0.15, 0.2) is 0 Å². The average Bonchev–Trinajstić information content (AvgIpc) is 2.14. The highest BCUT2D eigenvalue weighted by Gasteiger charge is 2.19. The van der Waals surface area contributed by atoms with Crippen LogP contribution in [-0.4, -0.2) is 16.7 Å². The summed E-state index contributed by atoms with van der Waals surface area (Å²) < 4.78 is 5.61. The predicted octanol–water partition coefficient (Wildman–Crippen LogP) is 3.21. The lowest BCUT2D eigenvalue weighted by Crippen LogP contribution is -2.24. The van der Waals surface area contributed by atoms with E-state index in [0.29, 0.717) is 11.3 Å². The summed E-state index contributed by atoms with van der Waals surface area (Å²) in [7, 11) is 0. The van der Waals surface area contributed by atoms with Crippen LogP contribution in [0.1, 0.15) is 36.7 Å². The van der Waals surface area contributed by atoms with Crippen molar-refractivity contribution in [3.8, 4) is 5.75 Å². The number of aromatic carboxylic acids is 1. The molecule has 16 heavy (non-hydrogen) atoms. The van der Waals surface area contributed by atoms with E-state index in [4.69, 9.17) is 9.84 Å². The van der Waals surface area contributed by atoms with Gasteiger partial charge >= 0.3 is 5.97 Å². The molecule has 0 spiro atoms. The van der Waals surface area contributed by atoms with Crippen LogP contribution in [0.2, 0.25) is 0 Å². The van der Waals surface area contributed by atoms with Crippen LogP contribution in [0.15, 0.2) is 24.8 Å². The van der Waals surface area contributed by atoms with E-state index in [9.17, 15) is 4.79 Å². The van der Waals surface area contributed by atoms with Gasteiger partial charge in [0.1, 0.15) is 16.9 Å². The van der Waals surface area contributed by atoms with Crippen molar-refractivity contribution in [1.82, 2.24) is 0 Å². The fourth-order valence-electron chi connectivity index (χ4n) is 1.36. The van der Waals surface area contributed by atoms with Crippen molar-refractivity contribution in [3.63, 3.8) is 0 Å². The first-order chi connectivity index (χ1) is 7.35. The zero-order valence-corrected chi connectivity index (χ0v) is 9.78. The molecule has 0 heterocycles. The molecule has 0 saturated carbocycles. The van der Waals surface area contributed by atoms with E-state index in [1.54, 1.807) is 18.2 Å². The van der Waals surface area contributed by atoms with Gasteiger partial charge in [-0.1, -0.05) is 24.8 Å². The molecule has 0 amide bonds. The Morgan fingerprint density at radius 3 is 2.50 bits per heavy atom. The molecule has 0 unspecified atom stereocenters. The van der Waals surface area contributed by atoms with Gasteiger partial charge in [0.25, 0.3) is 0 Å². The van der Waals surface area contributed by atoms with Gasteiger partial charge in [0.2, 0.25) is 0 Å². The molecule has 0 aliphatic carbocycles. The Labute approximate surface area is 95.4 Å². The van der Waals surface area contributed by atoms with Gasteiger partial charge in [-0.3, -0.25) is 0 Å². The van der Waals surface area contributed by atoms with Crippen molar-refractivity contribution in [2.24, 2.45) is 0 Å². The number of ether oxygens (including phenoxy) is 1. The van der Waals surface area contributed by atoms with Crippen molar-refractivity contribution in [1.29, 1.82) is 0 Å². The van der Waals surface area contributed by atoms with E-state index in [2.05, 4.69) is 6.58 Å². The maximum absolute atomic E-state index is 11.2. The van der Waals surface area contributed by atoms with E-state index in [-0.39, 0.29) is 5.56 Å². The quantitative estimate of drug-likeness (QED) is 0.850. The number of rotatable bonds is 3. The number of hydrogen-bond donors (Lipinski definition) is 1. The van der Waals surface area contributed by atoms with Gasteiger partial charge in [0, 0.05) is 0 Å². The molecule has 1 N–H and O–H groups in total. The molecule has 0 saturated heterocycles. The fraction of sp³-hybridized carbons (Fsp3) is 0.308. The molecule has 0 atom stereocenters. The average molecular weight is 220 g/mol. The second-order valence-corrected chi connectivity index (χ2v) is 4.44. The van der Waals surface area contributed by atoms with Crippen molar-refractivity contribution in [2.45, 2.75) is 26.4 Å². The minimum absolute atomic E-state index is 0.160. The second-order valence-electron chi connectivity index (χ2n) is 4.44. The summed E-state index contributed by atoms with van der Waals surface area (Å²) in [6.45, 7) is 9.22. The third-order valence-corrected chi connectivity index (χ3v) is 1.91. The minimum atomic E-state index is -1.00. The van der Waals surface area contributed by atoms with Crippen molar-refractivity contribution in [2.75, 3.05) is 0 Å². The summed E-state index contributed by atoms with van der Waals surface area (Å²) in [6, 6.07) is 5.11. The van der Waals surface area contributed by atoms with Crippen LogP contribution in [0.5, 0.6) is 5.75 Å². The van der Waals surface area contributed by atoms with Crippen molar-refractivity contribution >= 4 is 12.0 Å². The standard InChI is InChI=1S/C13H16O3/c1-5-9-7-6-8-10(11(9)12(14)15)16-13(2,3)4/h5-8H,1H2,2-4H3,(H,14,15). The first kappa shape index (κ1) is 12.3. The molecule has 3 heteroatoms. The Balaban J connectivity index is 3.28. The number of hydrogen-bond acceptors (Lipinski definition) is 2. The third-order valence-electron chi connectivity index (χ3n) is 1.91. The maximum atomic E-state index is 11.2. The lowest BCUT2D eigenvalue weighted by molar-refractivity contribution is 0.0681. The molecule has 1 aromatic carbocycles. The Morgan fingerprint density at radius 2 is 2.06 bits per heavy atom. The number of benzene rings is 1. The monoisotopic (exact) mass is 220 g/mol. The first-order valence-corrected chi connectivity index (χ1v) is 5.03. The molecule has 0 fully saturated rings. The normalized spacial score (nSPS) is 10.9. The SMILES string of the molecule is C=Cc1cccc(OC(C)(C)C)c1C(=O)O. The van der Waals surface area contributed by atoms with Crippen LogP contribution < -0.4 is 4.74 Å². The molecular weight excluding hydrogens is 204 g/mol. The van der Waals surface area contributed by atoms with E-state index >= 15 is 0 Å². The number of carboxylic acids is 1. The topological polar surface area (TPSA) is 46.5 Å². The Morgan fingerprint density at radius 1 is 1.44 bits per heavy atom. The van der Waals surface area contributed by atoms with Gasteiger partial charge < -0.3 is 9.84 Å². The molecule has 1 aromatic rings. The highest BCUT2D eigenvalue weighted by molar-refractivity contribution is 5.95. The first-order valence-electron chi connectivity index (χ1n) is 5.03. The molecule has 0 radical (unpaired) electrons.